The smallest absolute Gasteiger partial charge is 0.0247 e. The van der Waals surface area contributed by atoms with Crippen molar-refractivity contribution in [3.8, 4) is 0 Å². The number of hydrazine groups is 1. The van der Waals surface area contributed by atoms with Gasteiger partial charge in [0.25, 0.3) is 0 Å². The lowest BCUT2D eigenvalue weighted by Gasteiger charge is -2.29. The molecular formula is C13H27N3. The lowest BCUT2D eigenvalue weighted by molar-refractivity contribution is 0.291. The fraction of sp³-hybridized carbons (Fsp3) is 0.846. The van der Waals surface area contributed by atoms with Crippen molar-refractivity contribution in [2.24, 2.45) is 23.6 Å². The van der Waals surface area contributed by atoms with Crippen molar-refractivity contribution in [2.75, 3.05) is 13.1 Å². The Labute approximate surface area is 99.8 Å². The molecule has 0 amide bonds. The fourth-order valence-corrected chi connectivity index (χ4v) is 2.50. The maximum absolute atomic E-state index is 5.58. The Bertz CT molecular complexity index is 217. The van der Waals surface area contributed by atoms with Crippen LogP contribution in [0.25, 0.3) is 0 Å². The number of rotatable bonds is 5. The predicted octanol–water partition coefficient (Wildman–Crippen LogP) is 2.02. The predicted molar refractivity (Wildman–Crippen MR) is 69.6 cm³/mol. The van der Waals surface area contributed by atoms with Gasteiger partial charge in [-0.1, -0.05) is 26.8 Å². The lowest BCUT2D eigenvalue weighted by Crippen LogP contribution is -2.32. The molecule has 0 aromatic heterocycles. The van der Waals surface area contributed by atoms with E-state index >= 15 is 0 Å². The van der Waals surface area contributed by atoms with Gasteiger partial charge < -0.3 is 10.7 Å². The molecule has 0 saturated carbocycles. The molecule has 0 aliphatic carbocycles. The molecule has 4 N–H and O–H groups in total. The van der Waals surface area contributed by atoms with E-state index in [0.29, 0.717) is 11.8 Å². The van der Waals surface area contributed by atoms with Gasteiger partial charge in [-0.3, -0.25) is 5.84 Å². The fourth-order valence-electron chi connectivity index (χ4n) is 2.50. The van der Waals surface area contributed by atoms with Crippen LogP contribution in [-0.4, -0.2) is 13.1 Å². The van der Waals surface area contributed by atoms with E-state index in [1.165, 1.54) is 38.0 Å². The van der Waals surface area contributed by atoms with Crippen LogP contribution in [-0.2, 0) is 0 Å². The van der Waals surface area contributed by atoms with E-state index in [1.807, 2.05) is 0 Å². The Hall–Kier alpha value is -0.540. The van der Waals surface area contributed by atoms with Crippen molar-refractivity contribution in [1.82, 2.24) is 10.7 Å². The van der Waals surface area contributed by atoms with Crippen molar-refractivity contribution in [2.45, 2.75) is 40.0 Å². The molecule has 94 valence electrons. The van der Waals surface area contributed by atoms with Gasteiger partial charge in [0.15, 0.2) is 0 Å². The molecule has 1 rings (SSSR count). The maximum atomic E-state index is 5.58. The largest absolute Gasteiger partial charge is 0.328 e. The van der Waals surface area contributed by atoms with Crippen LogP contribution in [0.4, 0.5) is 0 Å². The third-order valence-electron chi connectivity index (χ3n) is 3.64. The zero-order valence-corrected chi connectivity index (χ0v) is 10.9. The highest BCUT2D eigenvalue weighted by Gasteiger charge is 2.21. The standard InChI is InChI=1S/C13H27N3/c1-4-11(9-13(16-14)10(2)3)12-5-7-15-8-6-12/h9-12,15-16H,4-8,14H2,1-3H3/b13-9-. The van der Waals surface area contributed by atoms with Crippen molar-refractivity contribution < 1.29 is 0 Å². The molecule has 16 heavy (non-hydrogen) atoms. The molecule has 1 saturated heterocycles. The van der Waals surface area contributed by atoms with Crippen LogP contribution in [0.1, 0.15) is 40.0 Å². The van der Waals surface area contributed by atoms with Crippen LogP contribution >= 0.6 is 0 Å². The van der Waals surface area contributed by atoms with E-state index in [9.17, 15) is 0 Å². The summed E-state index contributed by atoms with van der Waals surface area (Å²) in [4.78, 5) is 0. The second-order valence-corrected chi connectivity index (χ2v) is 5.08. The van der Waals surface area contributed by atoms with E-state index in [4.69, 9.17) is 5.84 Å². The van der Waals surface area contributed by atoms with Gasteiger partial charge in [0.2, 0.25) is 0 Å². The zero-order valence-electron chi connectivity index (χ0n) is 10.9. The van der Waals surface area contributed by atoms with Gasteiger partial charge in [0, 0.05) is 5.70 Å². The van der Waals surface area contributed by atoms with Crippen LogP contribution in [0.15, 0.2) is 11.8 Å². The third kappa shape index (κ3) is 3.80. The molecule has 1 heterocycles. The van der Waals surface area contributed by atoms with Crippen LogP contribution in [0.2, 0.25) is 0 Å². The quantitative estimate of drug-likeness (QED) is 0.495. The number of piperidine rings is 1. The molecule has 0 radical (unpaired) electrons. The van der Waals surface area contributed by atoms with Crippen LogP contribution in [0.3, 0.4) is 0 Å². The first-order valence-corrected chi connectivity index (χ1v) is 6.58. The molecule has 0 spiro atoms. The minimum atomic E-state index is 0.487. The highest BCUT2D eigenvalue weighted by molar-refractivity contribution is 5.05. The number of hydrogen-bond acceptors (Lipinski definition) is 3. The first-order valence-electron chi connectivity index (χ1n) is 6.58. The monoisotopic (exact) mass is 225 g/mol. The van der Waals surface area contributed by atoms with Crippen LogP contribution < -0.4 is 16.6 Å². The second-order valence-electron chi connectivity index (χ2n) is 5.08. The lowest BCUT2D eigenvalue weighted by atomic mass is 9.82. The van der Waals surface area contributed by atoms with Gasteiger partial charge in [0.05, 0.1) is 0 Å². The Morgan fingerprint density at radius 2 is 2.06 bits per heavy atom. The Morgan fingerprint density at radius 1 is 1.44 bits per heavy atom. The summed E-state index contributed by atoms with van der Waals surface area (Å²) in [5, 5.41) is 3.42. The van der Waals surface area contributed by atoms with E-state index in [0.717, 1.165) is 5.92 Å². The number of hydrogen-bond donors (Lipinski definition) is 3. The van der Waals surface area contributed by atoms with Gasteiger partial charge >= 0.3 is 0 Å². The minimum absolute atomic E-state index is 0.487. The molecule has 1 aliphatic heterocycles. The van der Waals surface area contributed by atoms with Crippen molar-refractivity contribution >= 4 is 0 Å². The van der Waals surface area contributed by atoms with Crippen LogP contribution in [0, 0.1) is 17.8 Å². The van der Waals surface area contributed by atoms with E-state index in [2.05, 4.69) is 37.6 Å². The molecule has 0 aromatic carbocycles. The first kappa shape index (κ1) is 13.5. The molecule has 1 atom stereocenters. The Morgan fingerprint density at radius 3 is 2.50 bits per heavy atom. The summed E-state index contributed by atoms with van der Waals surface area (Å²) < 4.78 is 0. The number of nitrogens with two attached hydrogens (primary N) is 1. The Kier molecular flexibility index (Phi) is 5.85. The topological polar surface area (TPSA) is 50.1 Å². The number of nitrogens with one attached hydrogen (secondary N) is 2. The van der Waals surface area contributed by atoms with Gasteiger partial charge in [-0.15, -0.1) is 0 Å². The van der Waals surface area contributed by atoms with Crippen LogP contribution in [0.5, 0.6) is 0 Å². The van der Waals surface area contributed by atoms with Gasteiger partial charge in [-0.2, -0.15) is 0 Å². The normalized spacial score (nSPS) is 21.2. The summed E-state index contributed by atoms with van der Waals surface area (Å²) in [6, 6.07) is 0. The molecule has 3 heteroatoms. The highest BCUT2D eigenvalue weighted by Crippen LogP contribution is 2.27. The van der Waals surface area contributed by atoms with E-state index < -0.39 is 0 Å². The van der Waals surface area contributed by atoms with E-state index in [1.54, 1.807) is 0 Å². The first-order chi connectivity index (χ1) is 7.69. The average molecular weight is 225 g/mol. The van der Waals surface area contributed by atoms with Gasteiger partial charge in [-0.25, -0.2) is 0 Å². The maximum Gasteiger partial charge on any atom is 0.0247 e. The van der Waals surface area contributed by atoms with Gasteiger partial charge in [0.1, 0.15) is 0 Å². The van der Waals surface area contributed by atoms with E-state index in [-0.39, 0.29) is 0 Å². The molecule has 3 nitrogen and oxygen atoms in total. The number of allylic oxidation sites excluding steroid dienone is 2. The molecule has 1 unspecified atom stereocenters. The molecule has 1 aliphatic rings. The SMILES string of the molecule is CCC(/C=C(\NN)C(C)C)C1CCNCC1. The average Bonchev–Trinajstić information content (AvgIpc) is 2.31. The summed E-state index contributed by atoms with van der Waals surface area (Å²) >= 11 is 0. The summed E-state index contributed by atoms with van der Waals surface area (Å²) in [5.74, 6) is 7.57. The molecule has 0 bridgehead atoms. The summed E-state index contributed by atoms with van der Waals surface area (Å²) in [6.07, 6.45) is 6.17. The van der Waals surface area contributed by atoms with Crippen molar-refractivity contribution in [3.63, 3.8) is 0 Å². The Balaban J connectivity index is 2.64. The van der Waals surface area contributed by atoms with Gasteiger partial charge in [-0.05, 0) is 50.1 Å². The van der Waals surface area contributed by atoms with Crippen molar-refractivity contribution in [3.05, 3.63) is 11.8 Å². The summed E-state index contributed by atoms with van der Waals surface area (Å²) in [5.41, 5.74) is 4.04. The van der Waals surface area contributed by atoms with Crippen molar-refractivity contribution in [1.29, 1.82) is 0 Å². The minimum Gasteiger partial charge on any atom is -0.328 e. The zero-order chi connectivity index (χ0) is 12.0. The highest BCUT2D eigenvalue weighted by atomic mass is 15.2. The molecule has 0 aromatic rings. The summed E-state index contributed by atoms with van der Waals surface area (Å²) in [7, 11) is 0. The molecular weight excluding hydrogens is 198 g/mol. The third-order valence-corrected chi connectivity index (χ3v) is 3.64. The summed E-state index contributed by atoms with van der Waals surface area (Å²) in [6.45, 7) is 8.98. The second kappa shape index (κ2) is 6.92. The molecule has 1 fully saturated rings.